The summed E-state index contributed by atoms with van der Waals surface area (Å²) in [5, 5.41) is 12.3. The van der Waals surface area contributed by atoms with Crippen LogP contribution < -0.4 is 5.32 Å². The van der Waals surface area contributed by atoms with E-state index < -0.39 is 0 Å². The highest BCUT2D eigenvalue weighted by Gasteiger charge is 2.25. The van der Waals surface area contributed by atoms with Gasteiger partial charge in [-0.25, -0.2) is 0 Å². The Hall–Kier alpha value is -0.0800. The van der Waals surface area contributed by atoms with Crippen molar-refractivity contribution in [3.05, 3.63) is 0 Å². The number of aliphatic hydroxyl groups excluding tert-OH is 1. The smallest absolute Gasteiger partial charge is 0.0705 e. The molecule has 0 bridgehead atoms. The molecule has 0 aromatic heterocycles. The van der Waals surface area contributed by atoms with Gasteiger partial charge in [0.25, 0.3) is 0 Å². The average molecular weight is 145 g/mol. The van der Waals surface area contributed by atoms with Gasteiger partial charge < -0.3 is 10.4 Å². The molecule has 1 saturated heterocycles. The lowest BCUT2D eigenvalue weighted by Gasteiger charge is -2.05. The molecule has 0 aliphatic carbocycles. The summed E-state index contributed by atoms with van der Waals surface area (Å²) in [6, 6.07) is 0.796. The summed E-state index contributed by atoms with van der Waals surface area (Å²) in [4.78, 5) is 0. The van der Waals surface area contributed by atoms with Crippen molar-refractivity contribution in [2.75, 3.05) is 0 Å². The minimum Gasteiger partial charge on any atom is -0.391 e. The Bertz CT molecular complexity index is 75.3. The molecule has 2 N–H and O–H groups in total. The highest BCUT2D eigenvalue weighted by molar-refractivity contribution is 4.84. The third kappa shape index (κ3) is 2.67. The van der Waals surface area contributed by atoms with Gasteiger partial charge in [0.1, 0.15) is 0 Å². The van der Waals surface area contributed by atoms with Gasteiger partial charge in [0.05, 0.1) is 6.10 Å². The Morgan fingerprint density at radius 2 is 1.80 bits per heavy atom. The van der Waals surface area contributed by atoms with Crippen LogP contribution in [0, 0.1) is 0 Å². The molecule has 3 unspecified atom stereocenters. The fraction of sp³-hybridized carbons (Fsp3) is 1.00. The molecule has 1 heterocycles. The predicted molar refractivity (Wildman–Crippen MR) is 44.0 cm³/mol. The van der Waals surface area contributed by atoms with Crippen LogP contribution in [0.3, 0.4) is 0 Å². The first-order chi connectivity index (χ1) is 4.70. The van der Waals surface area contributed by atoms with Crippen molar-refractivity contribution in [2.24, 2.45) is 0 Å². The summed E-state index contributed by atoms with van der Waals surface area (Å²) < 4.78 is 0. The monoisotopic (exact) mass is 145 g/mol. The van der Waals surface area contributed by atoms with Gasteiger partial charge in [0, 0.05) is 12.1 Å². The zero-order chi connectivity index (χ0) is 8.15. The summed E-state index contributed by atoms with van der Waals surface area (Å²) in [7, 11) is 0. The molecule has 1 aliphatic heterocycles. The van der Waals surface area contributed by atoms with E-state index in [-0.39, 0.29) is 6.10 Å². The van der Waals surface area contributed by atoms with E-state index in [0.717, 1.165) is 6.42 Å². The van der Waals surface area contributed by atoms with E-state index in [0.29, 0.717) is 12.1 Å². The number of aliphatic hydroxyl groups is 1. The topological polar surface area (TPSA) is 32.3 Å². The molecule has 3 atom stereocenters. The largest absolute Gasteiger partial charge is 0.391 e. The van der Waals surface area contributed by atoms with Crippen molar-refractivity contribution in [3.8, 4) is 0 Å². The van der Waals surface area contributed by atoms with E-state index in [9.17, 15) is 0 Å². The maximum Gasteiger partial charge on any atom is 0.0705 e. The molecular formula is C8H19NO. The molecule has 1 aliphatic rings. The normalized spacial score (nSPS) is 38.7. The summed E-state index contributed by atoms with van der Waals surface area (Å²) in [5.74, 6) is 0. The second kappa shape index (κ2) is 4.69. The average Bonchev–Trinajstić information content (AvgIpc) is 2.16. The van der Waals surface area contributed by atoms with E-state index >= 15 is 0 Å². The lowest BCUT2D eigenvalue weighted by Crippen LogP contribution is -2.28. The second-order valence-corrected chi connectivity index (χ2v) is 2.66. The summed E-state index contributed by atoms with van der Waals surface area (Å²) in [6.45, 7) is 8.10. The molecule has 0 amide bonds. The summed E-state index contributed by atoms with van der Waals surface area (Å²) >= 11 is 0. The first-order valence-corrected chi connectivity index (χ1v) is 4.14. The van der Waals surface area contributed by atoms with Crippen molar-refractivity contribution in [3.63, 3.8) is 0 Å². The number of hydrogen-bond acceptors (Lipinski definition) is 2. The molecular weight excluding hydrogens is 126 g/mol. The first-order valence-electron chi connectivity index (χ1n) is 4.14. The number of rotatable bonds is 0. The maximum atomic E-state index is 9.11. The highest BCUT2D eigenvalue weighted by atomic mass is 16.3. The molecule has 0 radical (unpaired) electrons. The Morgan fingerprint density at radius 1 is 1.30 bits per heavy atom. The van der Waals surface area contributed by atoms with Crippen LogP contribution in [-0.2, 0) is 0 Å². The minimum absolute atomic E-state index is 0.120. The lowest BCUT2D eigenvalue weighted by molar-refractivity contribution is 0.165. The Kier molecular flexibility index (Phi) is 4.65. The zero-order valence-electron chi connectivity index (χ0n) is 7.39. The van der Waals surface area contributed by atoms with E-state index in [1.165, 1.54) is 0 Å². The van der Waals surface area contributed by atoms with Crippen molar-refractivity contribution in [1.82, 2.24) is 5.32 Å². The van der Waals surface area contributed by atoms with Crippen molar-refractivity contribution in [2.45, 2.75) is 52.3 Å². The molecule has 0 saturated carbocycles. The van der Waals surface area contributed by atoms with Crippen LogP contribution in [0.2, 0.25) is 0 Å². The molecule has 0 aromatic rings. The minimum atomic E-state index is -0.120. The molecule has 2 heteroatoms. The van der Waals surface area contributed by atoms with Crippen molar-refractivity contribution in [1.29, 1.82) is 0 Å². The van der Waals surface area contributed by atoms with E-state index in [1.807, 2.05) is 20.8 Å². The van der Waals surface area contributed by atoms with Gasteiger partial charge in [-0.3, -0.25) is 0 Å². The first kappa shape index (κ1) is 9.92. The van der Waals surface area contributed by atoms with Gasteiger partial charge in [-0.05, 0) is 20.3 Å². The molecule has 2 nitrogen and oxygen atoms in total. The Labute approximate surface area is 63.6 Å². The molecule has 0 spiro atoms. The molecule has 1 fully saturated rings. The van der Waals surface area contributed by atoms with Crippen LogP contribution in [0.4, 0.5) is 0 Å². The molecule has 10 heavy (non-hydrogen) atoms. The molecule has 0 aromatic carbocycles. The number of hydrogen-bond donors (Lipinski definition) is 2. The standard InChI is InChI=1S/C6H13NO.C2H6/c1-4-3-6(8)5(2)7-4;1-2/h4-8H,3H2,1-2H3;1-2H3. The third-order valence-corrected chi connectivity index (χ3v) is 1.72. The van der Waals surface area contributed by atoms with Crippen LogP contribution in [0.15, 0.2) is 0 Å². The molecule has 1 rings (SSSR count). The zero-order valence-corrected chi connectivity index (χ0v) is 7.39. The van der Waals surface area contributed by atoms with E-state index in [2.05, 4.69) is 12.2 Å². The maximum absolute atomic E-state index is 9.11. The quantitative estimate of drug-likeness (QED) is 0.536. The third-order valence-electron chi connectivity index (χ3n) is 1.72. The van der Waals surface area contributed by atoms with Crippen LogP contribution in [0.25, 0.3) is 0 Å². The molecule has 62 valence electrons. The van der Waals surface area contributed by atoms with Crippen LogP contribution in [0.1, 0.15) is 34.1 Å². The SMILES string of the molecule is CC.CC1CC(O)C(C)N1. The van der Waals surface area contributed by atoms with Crippen molar-refractivity contribution < 1.29 is 5.11 Å². The highest BCUT2D eigenvalue weighted by Crippen LogP contribution is 2.11. The van der Waals surface area contributed by atoms with Gasteiger partial charge in [0.2, 0.25) is 0 Å². The van der Waals surface area contributed by atoms with Crippen LogP contribution in [0.5, 0.6) is 0 Å². The Balaban J connectivity index is 0.000000371. The van der Waals surface area contributed by atoms with Crippen molar-refractivity contribution >= 4 is 0 Å². The second-order valence-electron chi connectivity index (χ2n) is 2.66. The summed E-state index contributed by atoms with van der Waals surface area (Å²) in [5.41, 5.74) is 0. The fourth-order valence-corrected chi connectivity index (χ4v) is 1.19. The van der Waals surface area contributed by atoms with Gasteiger partial charge in [-0.2, -0.15) is 0 Å². The van der Waals surface area contributed by atoms with Crippen LogP contribution >= 0.6 is 0 Å². The van der Waals surface area contributed by atoms with Gasteiger partial charge in [0.15, 0.2) is 0 Å². The van der Waals surface area contributed by atoms with Gasteiger partial charge >= 0.3 is 0 Å². The predicted octanol–water partition coefficient (Wildman–Crippen LogP) is 1.14. The van der Waals surface area contributed by atoms with Gasteiger partial charge in [-0.1, -0.05) is 13.8 Å². The van der Waals surface area contributed by atoms with Gasteiger partial charge in [-0.15, -0.1) is 0 Å². The lowest BCUT2D eigenvalue weighted by atomic mass is 10.2. The fourth-order valence-electron chi connectivity index (χ4n) is 1.19. The van der Waals surface area contributed by atoms with E-state index in [4.69, 9.17) is 5.11 Å². The number of nitrogens with one attached hydrogen (secondary N) is 1. The Morgan fingerprint density at radius 3 is 1.90 bits per heavy atom. The van der Waals surface area contributed by atoms with Crippen LogP contribution in [-0.4, -0.2) is 23.3 Å². The summed E-state index contributed by atoms with van der Waals surface area (Å²) in [6.07, 6.45) is 0.784. The van der Waals surface area contributed by atoms with E-state index in [1.54, 1.807) is 0 Å².